The van der Waals surface area contributed by atoms with Gasteiger partial charge >= 0.3 is 0 Å². The minimum atomic E-state index is -0.268. The number of thioether (sulfide) groups is 1. The third-order valence-corrected chi connectivity index (χ3v) is 6.07. The lowest BCUT2D eigenvalue weighted by molar-refractivity contribution is -0.113. The summed E-state index contributed by atoms with van der Waals surface area (Å²) < 4.78 is 8.07. The molecular formula is C22H25ClN4O2S. The van der Waals surface area contributed by atoms with E-state index in [4.69, 9.17) is 16.3 Å². The van der Waals surface area contributed by atoms with Crippen LogP contribution in [0.3, 0.4) is 0 Å². The number of nitrogens with zero attached hydrogens (tertiary/aromatic N) is 3. The minimum Gasteiger partial charge on any atom is -0.482 e. The molecule has 0 aliphatic rings. The molecule has 3 rings (SSSR count). The highest BCUT2D eigenvalue weighted by atomic mass is 35.5. The number of nitrogens with one attached hydrogen (secondary N) is 1. The molecule has 1 N–H and O–H groups in total. The largest absolute Gasteiger partial charge is 0.482 e. The zero-order valence-electron chi connectivity index (χ0n) is 17.5. The smallest absolute Gasteiger partial charge is 0.234 e. The Morgan fingerprint density at radius 2 is 1.97 bits per heavy atom. The molecule has 0 radical (unpaired) electrons. The molecule has 8 heteroatoms. The van der Waals surface area contributed by atoms with Crippen LogP contribution in [0.4, 0.5) is 5.69 Å². The Morgan fingerprint density at radius 3 is 2.70 bits per heavy atom. The molecule has 0 aliphatic heterocycles. The number of hydrogen-bond acceptors (Lipinski definition) is 5. The van der Waals surface area contributed by atoms with Gasteiger partial charge in [-0.05, 0) is 57.0 Å². The SMILES string of the molecule is CCn1c(SCC(=O)Nc2cccc(Cl)c2C)nnc1C(C)Oc1ccccc1C. The van der Waals surface area contributed by atoms with Crippen LogP contribution in [0.25, 0.3) is 0 Å². The van der Waals surface area contributed by atoms with Crippen molar-refractivity contribution < 1.29 is 9.53 Å². The molecule has 1 aromatic heterocycles. The second kappa shape index (κ2) is 10.00. The van der Waals surface area contributed by atoms with Crippen molar-refractivity contribution in [1.29, 1.82) is 0 Å². The number of aryl methyl sites for hydroxylation is 1. The van der Waals surface area contributed by atoms with Crippen molar-refractivity contribution in [3.8, 4) is 5.75 Å². The number of hydrogen-bond donors (Lipinski definition) is 1. The van der Waals surface area contributed by atoms with Crippen molar-refractivity contribution in [2.45, 2.75) is 45.5 Å². The number of halogens is 1. The number of anilines is 1. The van der Waals surface area contributed by atoms with Crippen molar-refractivity contribution >= 4 is 35.0 Å². The standard InChI is InChI=1S/C22H25ClN4O2S/c1-5-27-21(16(4)29-19-12-7-6-9-14(19)2)25-26-22(27)30-13-20(28)24-18-11-8-10-17(23)15(18)3/h6-12,16H,5,13H2,1-4H3,(H,24,28). The Labute approximate surface area is 186 Å². The van der Waals surface area contributed by atoms with Gasteiger partial charge < -0.3 is 14.6 Å². The van der Waals surface area contributed by atoms with Gasteiger partial charge in [-0.2, -0.15) is 0 Å². The zero-order chi connectivity index (χ0) is 21.7. The van der Waals surface area contributed by atoms with Crippen molar-refractivity contribution in [2.75, 3.05) is 11.1 Å². The van der Waals surface area contributed by atoms with Gasteiger partial charge in [-0.15, -0.1) is 10.2 Å². The van der Waals surface area contributed by atoms with E-state index in [9.17, 15) is 4.79 Å². The molecule has 1 atom stereocenters. The van der Waals surface area contributed by atoms with E-state index in [1.54, 1.807) is 6.07 Å². The summed E-state index contributed by atoms with van der Waals surface area (Å²) in [5, 5.41) is 12.8. The fraction of sp³-hybridized carbons (Fsp3) is 0.318. The number of carbonyl (C=O) groups excluding carboxylic acids is 1. The zero-order valence-corrected chi connectivity index (χ0v) is 19.0. The summed E-state index contributed by atoms with van der Waals surface area (Å²) in [6.07, 6.45) is -0.268. The number of amides is 1. The van der Waals surface area contributed by atoms with Crippen molar-refractivity contribution in [2.24, 2.45) is 0 Å². The van der Waals surface area contributed by atoms with Crippen LogP contribution in [-0.4, -0.2) is 26.4 Å². The molecular weight excluding hydrogens is 420 g/mol. The Balaban J connectivity index is 1.66. The fourth-order valence-electron chi connectivity index (χ4n) is 3.00. The lowest BCUT2D eigenvalue weighted by Crippen LogP contribution is -2.16. The first-order valence-electron chi connectivity index (χ1n) is 9.73. The molecule has 1 heterocycles. The van der Waals surface area contributed by atoms with Gasteiger partial charge in [-0.1, -0.05) is 47.6 Å². The minimum absolute atomic E-state index is 0.123. The molecule has 0 aliphatic carbocycles. The number of carbonyl (C=O) groups is 1. The highest BCUT2D eigenvalue weighted by Crippen LogP contribution is 2.27. The Kier molecular flexibility index (Phi) is 7.39. The summed E-state index contributed by atoms with van der Waals surface area (Å²) in [5.41, 5.74) is 2.62. The van der Waals surface area contributed by atoms with Gasteiger partial charge in [0.1, 0.15) is 5.75 Å². The Bertz CT molecular complexity index is 1040. The molecule has 3 aromatic rings. The third-order valence-electron chi connectivity index (χ3n) is 4.70. The average molecular weight is 445 g/mol. The predicted octanol–water partition coefficient (Wildman–Crippen LogP) is 5.44. The van der Waals surface area contributed by atoms with Gasteiger partial charge in [-0.25, -0.2) is 0 Å². The molecule has 0 bridgehead atoms. The van der Waals surface area contributed by atoms with Crippen LogP contribution in [0.15, 0.2) is 47.6 Å². The molecule has 0 spiro atoms. The van der Waals surface area contributed by atoms with Crippen LogP contribution in [-0.2, 0) is 11.3 Å². The van der Waals surface area contributed by atoms with Crippen molar-refractivity contribution in [1.82, 2.24) is 14.8 Å². The third kappa shape index (κ3) is 5.15. The molecule has 0 saturated carbocycles. The highest BCUT2D eigenvalue weighted by molar-refractivity contribution is 7.99. The van der Waals surface area contributed by atoms with Crippen LogP contribution in [0.1, 0.15) is 36.9 Å². The normalized spacial score (nSPS) is 11.9. The van der Waals surface area contributed by atoms with Crippen molar-refractivity contribution in [3.63, 3.8) is 0 Å². The highest BCUT2D eigenvalue weighted by Gasteiger charge is 2.20. The van der Waals surface area contributed by atoms with Crippen LogP contribution in [0.5, 0.6) is 5.75 Å². The van der Waals surface area contributed by atoms with E-state index in [1.807, 2.05) is 68.7 Å². The Hall–Kier alpha value is -2.51. The van der Waals surface area contributed by atoms with E-state index in [-0.39, 0.29) is 17.8 Å². The maximum Gasteiger partial charge on any atom is 0.234 e. The van der Waals surface area contributed by atoms with E-state index in [2.05, 4.69) is 15.5 Å². The van der Waals surface area contributed by atoms with E-state index >= 15 is 0 Å². The first kappa shape index (κ1) is 22.2. The Morgan fingerprint density at radius 1 is 1.20 bits per heavy atom. The van der Waals surface area contributed by atoms with E-state index in [0.717, 1.165) is 22.7 Å². The number of aromatic nitrogens is 3. The van der Waals surface area contributed by atoms with Crippen molar-refractivity contribution in [3.05, 3.63) is 64.4 Å². The lowest BCUT2D eigenvalue weighted by Gasteiger charge is -2.17. The number of ether oxygens (including phenoxy) is 1. The van der Waals surface area contributed by atoms with Crippen LogP contribution < -0.4 is 10.1 Å². The first-order valence-corrected chi connectivity index (χ1v) is 11.1. The fourth-order valence-corrected chi connectivity index (χ4v) is 3.98. The molecule has 30 heavy (non-hydrogen) atoms. The molecule has 0 fully saturated rings. The lowest BCUT2D eigenvalue weighted by atomic mass is 10.2. The number of rotatable bonds is 8. The van der Waals surface area contributed by atoms with E-state index in [1.165, 1.54) is 11.8 Å². The monoisotopic (exact) mass is 444 g/mol. The maximum atomic E-state index is 12.4. The maximum absolute atomic E-state index is 12.4. The summed E-state index contributed by atoms with van der Waals surface area (Å²) in [6, 6.07) is 13.3. The van der Waals surface area contributed by atoms with Gasteiger partial charge in [0, 0.05) is 17.3 Å². The second-order valence-corrected chi connectivity index (χ2v) is 8.21. The molecule has 1 amide bonds. The first-order chi connectivity index (χ1) is 14.4. The van der Waals surface area contributed by atoms with Gasteiger partial charge in [-0.3, -0.25) is 4.79 Å². The molecule has 6 nitrogen and oxygen atoms in total. The number of benzene rings is 2. The summed E-state index contributed by atoms with van der Waals surface area (Å²) in [7, 11) is 0. The van der Waals surface area contributed by atoms with E-state index < -0.39 is 0 Å². The van der Waals surface area contributed by atoms with Crippen LogP contribution >= 0.6 is 23.4 Å². The summed E-state index contributed by atoms with van der Waals surface area (Å²) in [5.74, 6) is 1.65. The summed E-state index contributed by atoms with van der Waals surface area (Å²) >= 11 is 7.47. The van der Waals surface area contributed by atoms with Crippen LogP contribution in [0.2, 0.25) is 5.02 Å². The topological polar surface area (TPSA) is 69.0 Å². The van der Waals surface area contributed by atoms with Gasteiger partial charge in [0.25, 0.3) is 0 Å². The molecule has 1 unspecified atom stereocenters. The van der Waals surface area contributed by atoms with Gasteiger partial charge in [0.05, 0.1) is 5.75 Å². The second-order valence-electron chi connectivity index (χ2n) is 6.86. The number of para-hydroxylation sites is 1. The molecule has 158 valence electrons. The van der Waals surface area contributed by atoms with Crippen LogP contribution in [0, 0.1) is 13.8 Å². The van der Waals surface area contributed by atoms with Gasteiger partial charge in [0.15, 0.2) is 17.1 Å². The average Bonchev–Trinajstić information content (AvgIpc) is 3.14. The molecule has 2 aromatic carbocycles. The quantitative estimate of drug-likeness (QED) is 0.468. The molecule has 0 saturated heterocycles. The summed E-state index contributed by atoms with van der Waals surface area (Å²) in [6.45, 7) is 8.54. The van der Waals surface area contributed by atoms with E-state index in [0.29, 0.717) is 22.4 Å². The summed E-state index contributed by atoms with van der Waals surface area (Å²) in [4.78, 5) is 12.4. The predicted molar refractivity (Wildman–Crippen MR) is 121 cm³/mol. The van der Waals surface area contributed by atoms with Gasteiger partial charge in [0.2, 0.25) is 5.91 Å².